The van der Waals surface area contributed by atoms with Gasteiger partial charge in [-0.3, -0.25) is 0 Å². The Hall–Kier alpha value is -1.05. The molecule has 0 aliphatic carbocycles. The molecule has 0 bridgehead atoms. The quantitative estimate of drug-likeness (QED) is 0.358. The van der Waals surface area contributed by atoms with Gasteiger partial charge in [0.25, 0.3) is 0 Å². The first-order valence-corrected chi connectivity index (χ1v) is 4.15. The summed E-state index contributed by atoms with van der Waals surface area (Å²) in [6.07, 6.45) is 5.15. The second kappa shape index (κ2) is 6.65. The van der Waals surface area contributed by atoms with Gasteiger partial charge in [-0.1, -0.05) is 11.6 Å². The Morgan fingerprint density at radius 1 is 1.58 bits per heavy atom. The van der Waals surface area contributed by atoms with Crippen LogP contribution in [0.3, 0.4) is 0 Å². The Balaban J connectivity index is 3.80. The lowest BCUT2D eigenvalue weighted by molar-refractivity contribution is -0.137. The fourth-order valence-corrected chi connectivity index (χ4v) is 0.787. The molecule has 0 heterocycles. The number of rotatable bonds is 5. The van der Waals surface area contributed by atoms with E-state index >= 15 is 0 Å². The van der Waals surface area contributed by atoms with E-state index in [2.05, 4.69) is 6.58 Å². The Bertz CT molecular complexity index is 180. The second-order valence-corrected chi connectivity index (χ2v) is 2.57. The number of carbonyl (C=O) groups is 1. The Labute approximate surface area is 73.9 Å². The minimum atomic E-state index is -0.251. The molecule has 2 nitrogen and oxygen atoms in total. The van der Waals surface area contributed by atoms with E-state index in [9.17, 15) is 4.79 Å². The molecule has 0 aromatic heterocycles. The van der Waals surface area contributed by atoms with Gasteiger partial charge in [0, 0.05) is 6.08 Å². The highest BCUT2D eigenvalue weighted by molar-refractivity contribution is 5.82. The molecule has 0 N–H and O–H groups in total. The lowest BCUT2D eigenvalue weighted by Gasteiger charge is -1.98. The highest BCUT2D eigenvalue weighted by Gasteiger charge is 1.96. The fraction of sp³-hybridized carbons (Fsp3) is 0.500. The van der Waals surface area contributed by atoms with E-state index in [0.717, 1.165) is 18.4 Å². The zero-order valence-corrected chi connectivity index (χ0v) is 7.80. The van der Waals surface area contributed by atoms with Crippen LogP contribution < -0.4 is 0 Å². The molecular weight excluding hydrogens is 152 g/mol. The van der Waals surface area contributed by atoms with Gasteiger partial charge < -0.3 is 4.74 Å². The molecule has 0 radical (unpaired) electrons. The van der Waals surface area contributed by atoms with Crippen molar-refractivity contribution in [3.8, 4) is 0 Å². The Kier molecular flexibility index (Phi) is 6.07. The summed E-state index contributed by atoms with van der Waals surface area (Å²) in [4.78, 5) is 10.9. The zero-order chi connectivity index (χ0) is 9.40. The first-order valence-electron chi connectivity index (χ1n) is 4.15. The standard InChI is InChI=1S/C10H16O2/c1-4-6-7-9(3)8-10(11)12-5-2/h4,8H,1,5-7H2,2-3H3/b9-8-. The summed E-state index contributed by atoms with van der Waals surface area (Å²) >= 11 is 0. The highest BCUT2D eigenvalue weighted by atomic mass is 16.5. The average Bonchev–Trinajstić information content (AvgIpc) is 2.01. The van der Waals surface area contributed by atoms with Crippen LogP contribution in [0.4, 0.5) is 0 Å². The van der Waals surface area contributed by atoms with Crippen LogP contribution in [0.5, 0.6) is 0 Å². The van der Waals surface area contributed by atoms with Crippen molar-refractivity contribution < 1.29 is 9.53 Å². The topological polar surface area (TPSA) is 26.3 Å². The van der Waals surface area contributed by atoms with Crippen molar-refractivity contribution >= 4 is 5.97 Å². The van der Waals surface area contributed by atoms with Crippen molar-refractivity contribution in [2.75, 3.05) is 6.61 Å². The molecule has 0 aromatic carbocycles. The van der Waals surface area contributed by atoms with Gasteiger partial charge in [0.15, 0.2) is 0 Å². The van der Waals surface area contributed by atoms with Gasteiger partial charge in [-0.2, -0.15) is 0 Å². The van der Waals surface area contributed by atoms with Gasteiger partial charge in [-0.15, -0.1) is 6.58 Å². The van der Waals surface area contributed by atoms with Crippen LogP contribution in [0.25, 0.3) is 0 Å². The number of hydrogen-bond acceptors (Lipinski definition) is 2. The smallest absolute Gasteiger partial charge is 0.330 e. The van der Waals surface area contributed by atoms with Crippen molar-refractivity contribution in [1.29, 1.82) is 0 Å². The molecule has 0 aromatic rings. The van der Waals surface area contributed by atoms with Gasteiger partial charge in [-0.25, -0.2) is 4.79 Å². The maximum Gasteiger partial charge on any atom is 0.330 e. The summed E-state index contributed by atoms with van der Waals surface area (Å²) in [5.74, 6) is -0.251. The molecule has 0 spiro atoms. The van der Waals surface area contributed by atoms with Gasteiger partial charge >= 0.3 is 5.97 Å². The number of hydrogen-bond donors (Lipinski definition) is 0. The molecule has 0 aliphatic rings. The molecule has 0 fully saturated rings. The molecule has 0 unspecified atom stereocenters. The maximum absolute atomic E-state index is 10.9. The first-order chi connectivity index (χ1) is 5.70. The van der Waals surface area contributed by atoms with Crippen molar-refractivity contribution in [1.82, 2.24) is 0 Å². The third-order valence-electron chi connectivity index (χ3n) is 1.39. The molecule has 0 rings (SSSR count). The minimum absolute atomic E-state index is 0.251. The number of esters is 1. The van der Waals surface area contributed by atoms with Crippen molar-refractivity contribution in [3.63, 3.8) is 0 Å². The molecule has 0 amide bonds. The van der Waals surface area contributed by atoms with Crippen LogP contribution in [0.15, 0.2) is 24.3 Å². The summed E-state index contributed by atoms with van der Waals surface area (Å²) in [5.41, 5.74) is 1.04. The summed E-state index contributed by atoms with van der Waals surface area (Å²) < 4.78 is 4.75. The van der Waals surface area contributed by atoms with E-state index in [4.69, 9.17) is 4.74 Å². The largest absolute Gasteiger partial charge is 0.463 e. The highest BCUT2D eigenvalue weighted by Crippen LogP contribution is 2.03. The summed E-state index contributed by atoms with van der Waals surface area (Å²) in [7, 11) is 0. The second-order valence-electron chi connectivity index (χ2n) is 2.57. The van der Waals surface area contributed by atoms with Crippen LogP contribution in [0, 0.1) is 0 Å². The van der Waals surface area contributed by atoms with E-state index < -0.39 is 0 Å². The summed E-state index contributed by atoms with van der Waals surface area (Å²) in [5, 5.41) is 0. The van der Waals surface area contributed by atoms with Crippen LogP contribution >= 0.6 is 0 Å². The minimum Gasteiger partial charge on any atom is -0.463 e. The number of carbonyl (C=O) groups excluding carboxylic acids is 1. The monoisotopic (exact) mass is 168 g/mol. The zero-order valence-electron chi connectivity index (χ0n) is 7.80. The maximum atomic E-state index is 10.9. The van der Waals surface area contributed by atoms with Crippen molar-refractivity contribution in [3.05, 3.63) is 24.3 Å². The molecule has 2 heteroatoms. The van der Waals surface area contributed by atoms with E-state index in [0.29, 0.717) is 6.61 Å². The molecule has 68 valence electrons. The van der Waals surface area contributed by atoms with Gasteiger partial charge in [-0.05, 0) is 26.7 Å². The fourth-order valence-electron chi connectivity index (χ4n) is 0.787. The van der Waals surface area contributed by atoms with Gasteiger partial charge in [0.05, 0.1) is 6.61 Å². The van der Waals surface area contributed by atoms with Crippen LogP contribution in [0.2, 0.25) is 0 Å². The Morgan fingerprint density at radius 3 is 2.75 bits per heavy atom. The van der Waals surface area contributed by atoms with E-state index in [1.165, 1.54) is 6.08 Å². The number of ether oxygens (including phenoxy) is 1. The molecule has 0 saturated heterocycles. The van der Waals surface area contributed by atoms with Crippen molar-refractivity contribution in [2.24, 2.45) is 0 Å². The average molecular weight is 168 g/mol. The van der Waals surface area contributed by atoms with E-state index in [-0.39, 0.29) is 5.97 Å². The first kappa shape index (κ1) is 11.0. The Morgan fingerprint density at radius 2 is 2.25 bits per heavy atom. The summed E-state index contributed by atoms with van der Waals surface area (Å²) in [6, 6.07) is 0. The molecule has 0 atom stereocenters. The van der Waals surface area contributed by atoms with E-state index in [1.54, 1.807) is 6.92 Å². The van der Waals surface area contributed by atoms with Crippen molar-refractivity contribution in [2.45, 2.75) is 26.7 Å². The predicted molar refractivity (Wildman–Crippen MR) is 49.8 cm³/mol. The summed E-state index contributed by atoms with van der Waals surface area (Å²) in [6.45, 7) is 7.75. The van der Waals surface area contributed by atoms with Crippen LogP contribution in [0.1, 0.15) is 26.7 Å². The van der Waals surface area contributed by atoms with Crippen LogP contribution in [-0.2, 0) is 9.53 Å². The van der Waals surface area contributed by atoms with E-state index in [1.807, 2.05) is 13.0 Å². The lowest BCUT2D eigenvalue weighted by atomic mass is 10.1. The lowest BCUT2D eigenvalue weighted by Crippen LogP contribution is -2.00. The molecule has 12 heavy (non-hydrogen) atoms. The third-order valence-corrected chi connectivity index (χ3v) is 1.39. The predicted octanol–water partition coefficient (Wildman–Crippen LogP) is 2.46. The SMILES string of the molecule is C=CCC/C(C)=C\C(=O)OCC. The normalized spacial score (nSPS) is 11.0. The molecular formula is C10H16O2. The van der Waals surface area contributed by atoms with Gasteiger partial charge in [0.2, 0.25) is 0 Å². The molecule has 0 saturated carbocycles. The molecule has 0 aliphatic heterocycles. The third kappa shape index (κ3) is 5.71. The number of allylic oxidation sites excluding steroid dienone is 2. The van der Waals surface area contributed by atoms with Crippen LogP contribution in [-0.4, -0.2) is 12.6 Å². The van der Waals surface area contributed by atoms with Gasteiger partial charge in [0.1, 0.15) is 0 Å².